The largest absolute Gasteiger partial charge is 0.492 e. The van der Waals surface area contributed by atoms with Gasteiger partial charge in [-0.3, -0.25) is 9.59 Å². The molecule has 2 aromatic carbocycles. The van der Waals surface area contributed by atoms with E-state index in [1.54, 1.807) is 62.4 Å². The van der Waals surface area contributed by atoms with E-state index in [4.69, 9.17) is 9.47 Å². The number of carbonyl (C=O) groups excluding carboxylic acids is 2. The van der Waals surface area contributed by atoms with Crippen LogP contribution in [-0.4, -0.2) is 50.4 Å². The van der Waals surface area contributed by atoms with E-state index in [2.05, 4.69) is 5.32 Å². The monoisotopic (exact) mass is 476 g/mol. The minimum absolute atomic E-state index is 0.0648. The van der Waals surface area contributed by atoms with Gasteiger partial charge < -0.3 is 14.8 Å². The Hall–Kier alpha value is -2.91. The molecule has 0 aliphatic carbocycles. The number of rotatable bonds is 12. The van der Waals surface area contributed by atoms with Crippen molar-refractivity contribution in [3.05, 3.63) is 54.1 Å². The maximum absolute atomic E-state index is 12.6. The Morgan fingerprint density at radius 1 is 1.00 bits per heavy atom. The highest BCUT2D eigenvalue weighted by Crippen LogP contribution is 2.24. The molecule has 0 spiro atoms. The molecule has 180 valence electrons. The molecule has 1 unspecified atom stereocenters. The molecule has 0 aliphatic rings. The fourth-order valence-corrected chi connectivity index (χ4v) is 4.64. The van der Waals surface area contributed by atoms with Crippen LogP contribution in [0.2, 0.25) is 0 Å². The van der Waals surface area contributed by atoms with Crippen molar-refractivity contribution in [2.24, 2.45) is 0 Å². The number of aryl methyl sites for hydroxylation is 1. The van der Waals surface area contributed by atoms with Gasteiger partial charge in [-0.25, -0.2) is 8.42 Å². The Labute approximate surface area is 195 Å². The van der Waals surface area contributed by atoms with Gasteiger partial charge in [0.05, 0.1) is 17.2 Å². The first kappa shape index (κ1) is 26.3. The molecule has 33 heavy (non-hydrogen) atoms. The summed E-state index contributed by atoms with van der Waals surface area (Å²) in [6.07, 6.45) is -0.546. The molecular weight excluding hydrogens is 444 g/mol. The summed E-state index contributed by atoms with van der Waals surface area (Å²) in [5.41, 5.74) is 1.31. The van der Waals surface area contributed by atoms with Crippen LogP contribution in [0.4, 0.5) is 5.69 Å². The number of para-hydroxylation sites is 2. The Balaban J connectivity index is 1.89. The van der Waals surface area contributed by atoms with E-state index >= 15 is 0 Å². The number of hydrogen-bond acceptors (Lipinski definition) is 6. The van der Waals surface area contributed by atoms with Gasteiger partial charge in [0, 0.05) is 19.5 Å². The van der Waals surface area contributed by atoms with E-state index in [1.165, 1.54) is 11.2 Å². The number of hydrogen-bond donors (Lipinski definition) is 1. The first-order valence-corrected chi connectivity index (χ1v) is 12.5. The SMILES string of the molecule is CCOc1ccccc1NC(=O)C(C)OC(=O)CCc1ccc(S(=O)(=O)N(CC)CC)cc1. The van der Waals surface area contributed by atoms with Gasteiger partial charge in [-0.2, -0.15) is 4.31 Å². The second-order valence-corrected chi connectivity index (χ2v) is 9.22. The lowest BCUT2D eigenvalue weighted by Gasteiger charge is -2.18. The van der Waals surface area contributed by atoms with Crippen molar-refractivity contribution in [1.29, 1.82) is 0 Å². The van der Waals surface area contributed by atoms with Crippen molar-refractivity contribution < 1.29 is 27.5 Å². The van der Waals surface area contributed by atoms with Crippen LogP contribution in [0.15, 0.2) is 53.4 Å². The van der Waals surface area contributed by atoms with Crippen LogP contribution in [0.3, 0.4) is 0 Å². The molecule has 0 radical (unpaired) electrons. The van der Waals surface area contributed by atoms with Gasteiger partial charge in [-0.15, -0.1) is 0 Å². The number of esters is 1. The Bertz CT molecular complexity index is 1030. The molecule has 2 rings (SSSR count). The lowest BCUT2D eigenvalue weighted by atomic mass is 10.1. The normalized spacial score (nSPS) is 12.3. The van der Waals surface area contributed by atoms with Crippen molar-refractivity contribution in [2.45, 2.75) is 51.5 Å². The number of carbonyl (C=O) groups is 2. The Morgan fingerprint density at radius 2 is 1.64 bits per heavy atom. The van der Waals surface area contributed by atoms with Gasteiger partial charge in [-0.05, 0) is 50.1 Å². The smallest absolute Gasteiger partial charge is 0.306 e. The molecule has 1 N–H and O–H groups in total. The number of nitrogens with zero attached hydrogens (tertiary/aromatic N) is 1. The van der Waals surface area contributed by atoms with Crippen LogP contribution in [0, 0.1) is 0 Å². The highest BCUT2D eigenvalue weighted by molar-refractivity contribution is 7.89. The van der Waals surface area contributed by atoms with Gasteiger partial charge in [0.1, 0.15) is 5.75 Å². The molecule has 8 nitrogen and oxygen atoms in total. The molecule has 1 amide bonds. The molecule has 0 saturated carbocycles. The van der Waals surface area contributed by atoms with Crippen molar-refractivity contribution in [3.8, 4) is 5.75 Å². The van der Waals surface area contributed by atoms with Gasteiger partial charge in [0.15, 0.2) is 6.10 Å². The standard InChI is InChI=1S/C24H32N2O6S/c1-5-26(6-2)33(29,30)20-15-12-19(13-16-20)14-17-23(27)32-18(4)24(28)25-21-10-8-9-11-22(21)31-7-3/h8-13,15-16,18H,5-7,14,17H2,1-4H3,(H,25,28). The van der Waals surface area contributed by atoms with E-state index in [1.807, 2.05) is 6.92 Å². The summed E-state index contributed by atoms with van der Waals surface area (Å²) < 4.78 is 37.2. The van der Waals surface area contributed by atoms with E-state index in [9.17, 15) is 18.0 Å². The zero-order chi connectivity index (χ0) is 24.4. The van der Waals surface area contributed by atoms with Crippen molar-refractivity contribution in [1.82, 2.24) is 4.31 Å². The minimum Gasteiger partial charge on any atom is -0.492 e. The summed E-state index contributed by atoms with van der Waals surface area (Å²) in [6, 6.07) is 13.5. The number of nitrogens with one attached hydrogen (secondary N) is 1. The van der Waals surface area contributed by atoms with E-state index in [0.717, 1.165) is 5.56 Å². The predicted octanol–water partition coefficient (Wildman–Crippen LogP) is 3.62. The van der Waals surface area contributed by atoms with E-state index < -0.39 is 28.0 Å². The van der Waals surface area contributed by atoms with Crippen LogP contribution in [0.25, 0.3) is 0 Å². The van der Waals surface area contributed by atoms with Gasteiger partial charge in [0.25, 0.3) is 5.91 Å². The second-order valence-electron chi connectivity index (χ2n) is 7.28. The average molecular weight is 477 g/mol. The summed E-state index contributed by atoms with van der Waals surface area (Å²) >= 11 is 0. The average Bonchev–Trinajstić information content (AvgIpc) is 2.80. The van der Waals surface area contributed by atoms with Crippen LogP contribution < -0.4 is 10.1 Å². The first-order valence-electron chi connectivity index (χ1n) is 11.0. The third-order valence-electron chi connectivity index (χ3n) is 5.01. The molecule has 0 aliphatic heterocycles. The number of ether oxygens (including phenoxy) is 2. The maximum Gasteiger partial charge on any atom is 0.306 e. The van der Waals surface area contributed by atoms with Crippen molar-refractivity contribution in [3.63, 3.8) is 0 Å². The summed E-state index contributed by atoms with van der Waals surface area (Å²) in [5, 5.41) is 2.71. The zero-order valence-electron chi connectivity index (χ0n) is 19.5. The van der Waals surface area contributed by atoms with E-state index in [-0.39, 0.29) is 11.3 Å². The predicted molar refractivity (Wildman–Crippen MR) is 127 cm³/mol. The molecule has 2 aromatic rings. The summed E-state index contributed by atoms with van der Waals surface area (Å²) in [6.45, 7) is 8.19. The summed E-state index contributed by atoms with van der Waals surface area (Å²) in [7, 11) is -3.52. The number of sulfonamides is 1. The summed E-state index contributed by atoms with van der Waals surface area (Å²) in [4.78, 5) is 24.8. The number of anilines is 1. The quantitative estimate of drug-likeness (QED) is 0.470. The number of amides is 1. The topological polar surface area (TPSA) is 102 Å². The molecule has 0 fully saturated rings. The molecule has 1 atom stereocenters. The summed E-state index contributed by atoms with van der Waals surface area (Å²) in [5.74, 6) is -0.435. The number of benzene rings is 2. The van der Waals surface area contributed by atoms with Crippen LogP contribution >= 0.6 is 0 Å². The molecule has 0 saturated heterocycles. The maximum atomic E-state index is 12.6. The molecule has 0 aromatic heterocycles. The van der Waals surface area contributed by atoms with Crippen LogP contribution in [-0.2, 0) is 30.8 Å². The fourth-order valence-electron chi connectivity index (χ4n) is 3.18. The fraction of sp³-hybridized carbons (Fsp3) is 0.417. The molecule has 0 heterocycles. The van der Waals surface area contributed by atoms with Gasteiger partial charge >= 0.3 is 5.97 Å². The van der Waals surface area contributed by atoms with Gasteiger partial charge in [0.2, 0.25) is 10.0 Å². The zero-order valence-corrected chi connectivity index (χ0v) is 20.4. The third-order valence-corrected chi connectivity index (χ3v) is 7.07. The molecular formula is C24H32N2O6S. The lowest BCUT2D eigenvalue weighted by Crippen LogP contribution is -2.30. The van der Waals surface area contributed by atoms with Crippen molar-refractivity contribution >= 4 is 27.6 Å². The lowest BCUT2D eigenvalue weighted by molar-refractivity contribution is -0.153. The van der Waals surface area contributed by atoms with Gasteiger partial charge in [-0.1, -0.05) is 38.1 Å². The minimum atomic E-state index is -3.52. The highest BCUT2D eigenvalue weighted by Gasteiger charge is 2.22. The molecule has 0 bridgehead atoms. The second kappa shape index (κ2) is 12.4. The molecule has 9 heteroatoms. The highest BCUT2D eigenvalue weighted by atomic mass is 32.2. The van der Waals surface area contributed by atoms with Crippen molar-refractivity contribution in [2.75, 3.05) is 25.0 Å². The van der Waals surface area contributed by atoms with Crippen LogP contribution in [0.1, 0.15) is 39.7 Å². The first-order chi connectivity index (χ1) is 15.7. The van der Waals surface area contributed by atoms with E-state index in [0.29, 0.717) is 37.6 Å². The van der Waals surface area contributed by atoms with Crippen LogP contribution in [0.5, 0.6) is 5.75 Å². The third kappa shape index (κ3) is 7.30. The Morgan fingerprint density at radius 3 is 2.24 bits per heavy atom. The Kier molecular flexibility index (Phi) is 9.87.